The van der Waals surface area contributed by atoms with E-state index in [1.807, 2.05) is 19.0 Å². The molecule has 1 aromatic carbocycles. The number of ether oxygens (including phenoxy) is 1. The molecule has 1 rings (SSSR count). The van der Waals surface area contributed by atoms with E-state index < -0.39 is 5.92 Å². The van der Waals surface area contributed by atoms with Gasteiger partial charge < -0.3 is 9.64 Å². The number of ketones is 1. The number of hydrogen-bond acceptors (Lipinski definition) is 3. The van der Waals surface area contributed by atoms with Gasteiger partial charge in [0.25, 0.3) is 0 Å². The van der Waals surface area contributed by atoms with Gasteiger partial charge in [-0.1, -0.05) is 18.1 Å². The molecule has 0 saturated carbocycles. The maximum Gasteiger partial charge on any atom is 0.179 e. The predicted octanol–water partition coefficient (Wildman–Crippen LogP) is 1.69. The van der Waals surface area contributed by atoms with E-state index in [0.29, 0.717) is 17.9 Å². The minimum absolute atomic E-state index is 0.0416. The van der Waals surface area contributed by atoms with E-state index in [9.17, 15) is 4.79 Å². The summed E-state index contributed by atoms with van der Waals surface area (Å²) in [7, 11) is 5.36. The van der Waals surface area contributed by atoms with Gasteiger partial charge in [-0.15, -0.1) is 6.42 Å². The molecule has 3 nitrogen and oxygen atoms in total. The Morgan fingerprint density at radius 3 is 2.76 bits per heavy atom. The summed E-state index contributed by atoms with van der Waals surface area (Å²) in [5, 5.41) is 0. The Bertz CT molecular complexity index is 432. The minimum Gasteiger partial charge on any atom is -0.497 e. The molecule has 1 aromatic rings. The quantitative estimate of drug-likeness (QED) is 0.570. The molecule has 0 N–H and O–H groups in total. The van der Waals surface area contributed by atoms with E-state index in [0.717, 1.165) is 0 Å². The van der Waals surface area contributed by atoms with Crippen LogP contribution in [-0.4, -0.2) is 38.4 Å². The van der Waals surface area contributed by atoms with Crippen molar-refractivity contribution >= 4 is 5.78 Å². The van der Waals surface area contributed by atoms with Gasteiger partial charge in [-0.05, 0) is 26.2 Å². The number of hydrogen-bond donors (Lipinski definition) is 0. The third kappa shape index (κ3) is 3.61. The second kappa shape index (κ2) is 6.07. The molecule has 0 amide bonds. The van der Waals surface area contributed by atoms with Crippen LogP contribution in [0.1, 0.15) is 10.4 Å². The molecule has 0 bridgehead atoms. The van der Waals surface area contributed by atoms with E-state index >= 15 is 0 Å². The summed E-state index contributed by atoms with van der Waals surface area (Å²) >= 11 is 0. The van der Waals surface area contributed by atoms with Gasteiger partial charge in [0.05, 0.1) is 13.0 Å². The Hall–Kier alpha value is -1.79. The van der Waals surface area contributed by atoms with Crippen LogP contribution in [0.5, 0.6) is 5.75 Å². The van der Waals surface area contributed by atoms with Crippen LogP contribution in [0.2, 0.25) is 0 Å². The molecule has 0 aliphatic rings. The molecule has 90 valence electrons. The minimum atomic E-state index is -0.419. The van der Waals surface area contributed by atoms with Gasteiger partial charge in [-0.3, -0.25) is 4.79 Å². The molecule has 1 unspecified atom stereocenters. The second-order valence-corrected chi connectivity index (χ2v) is 4.08. The summed E-state index contributed by atoms with van der Waals surface area (Å²) in [5.41, 5.74) is 0.592. The molecule has 0 fully saturated rings. The Morgan fingerprint density at radius 1 is 1.53 bits per heavy atom. The first-order chi connectivity index (χ1) is 8.08. The lowest BCUT2D eigenvalue weighted by atomic mass is 9.98. The normalized spacial score (nSPS) is 11.9. The van der Waals surface area contributed by atoms with Crippen LogP contribution < -0.4 is 4.74 Å². The van der Waals surface area contributed by atoms with E-state index in [2.05, 4.69) is 5.92 Å². The summed E-state index contributed by atoms with van der Waals surface area (Å²) in [4.78, 5) is 14.1. The van der Waals surface area contributed by atoms with Crippen molar-refractivity contribution < 1.29 is 9.53 Å². The zero-order valence-corrected chi connectivity index (χ0v) is 10.4. The maximum absolute atomic E-state index is 12.2. The molecule has 0 saturated heterocycles. The molecular weight excluding hydrogens is 214 g/mol. The fourth-order valence-corrected chi connectivity index (χ4v) is 1.55. The molecule has 1 atom stereocenters. The highest BCUT2D eigenvalue weighted by Gasteiger charge is 2.18. The second-order valence-electron chi connectivity index (χ2n) is 4.08. The number of methoxy groups -OCH3 is 1. The van der Waals surface area contributed by atoms with Crippen molar-refractivity contribution in [2.75, 3.05) is 27.7 Å². The van der Waals surface area contributed by atoms with E-state index in [4.69, 9.17) is 11.2 Å². The van der Waals surface area contributed by atoms with Crippen molar-refractivity contribution in [1.29, 1.82) is 0 Å². The van der Waals surface area contributed by atoms with Crippen LogP contribution >= 0.6 is 0 Å². The SMILES string of the molecule is C#CC(CN(C)C)C(=O)c1cccc(OC)c1. The molecule has 0 aromatic heterocycles. The molecule has 0 heterocycles. The van der Waals surface area contributed by atoms with Crippen molar-refractivity contribution in [2.24, 2.45) is 5.92 Å². The Labute approximate surface area is 102 Å². The summed E-state index contributed by atoms with van der Waals surface area (Å²) in [6.07, 6.45) is 5.40. The Morgan fingerprint density at radius 2 is 2.24 bits per heavy atom. The van der Waals surface area contributed by atoms with E-state index in [1.165, 1.54) is 0 Å². The number of benzene rings is 1. The van der Waals surface area contributed by atoms with Gasteiger partial charge >= 0.3 is 0 Å². The molecule has 0 spiro atoms. The number of carbonyl (C=O) groups is 1. The number of rotatable bonds is 5. The first-order valence-electron chi connectivity index (χ1n) is 5.37. The van der Waals surface area contributed by atoms with Crippen LogP contribution in [0, 0.1) is 18.3 Å². The number of carbonyl (C=O) groups excluding carboxylic acids is 1. The fourth-order valence-electron chi connectivity index (χ4n) is 1.55. The molecule has 0 aliphatic heterocycles. The fraction of sp³-hybridized carbons (Fsp3) is 0.357. The number of terminal acetylenes is 1. The molecule has 3 heteroatoms. The first kappa shape index (κ1) is 13.3. The molecular formula is C14H17NO2. The lowest BCUT2D eigenvalue weighted by Crippen LogP contribution is -2.26. The predicted molar refractivity (Wildman–Crippen MR) is 68.2 cm³/mol. The van der Waals surface area contributed by atoms with Crippen LogP contribution in [0.15, 0.2) is 24.3 Å². The van der Waals surface area contributed by atoms with Crippen LogP contribution in [0.3, 0.4) is 0 Å². The monoisotopic (exact) mass is 231 g/mol. The highest BCUT2D eigenvalue weighted by molar-refractivity contribution is 6.00. The van der Waals surface area contributed by atoms with E-state index in [1.54, 1.807) is 31.4 Å². The Kier molecular flexibility index (Phi) is 4.74. The summed E-state index contributed by atoms with van der Waals surface area (Å²) in [6.45, 7) is 0.548. The third-order valence-corrected chi connectivity index (χ3v) is 2.42. The topological polar surface area (TPSA) is 29.5 Å². The standard InChI is InChI=1S/C14H17NO2/c1-5-11(10-15(2)3)14(16)12-7-6-8-13(9-12)17-4/h1,6-9,11H,10H2,2-4H3. The zero-order valence-electron chi connectivity index (χ0n) is 10.4. The van der Waals surface area contributed by atoms with Crippen LogP contribution in [0.4, 0.5) is 0 Å². The summed E-state index contributed by atoms with van der Waals surface area (Å²) in [5.74, 6) is 2.74. The highest BCUT2D eigenvalue weighted by Crippen LogP contribution is 2.16. The van der Waals surface area contributed by atoms with Crippen molar-refractivity contribution in [3.05, 3.63) is 29.8 Å². The number of nitrogens with zero attached hydrogens (tertiary/aromatic N) is 1. The van der Waals surface area contributed by atoms with Crippen molar-refractivity contribution in [2.45, 2.75) is 0 Å². The first-order valence-corrected chi connectivity index (χ1v) is 5.37. The smallest absolute Gasteiger partial charge is 0.179 e. The summed E-state index contributed by atoms with van der Waals surface area (Å²) in [6, 6.07) is 7.05. The lowest BCUT2D eigenvalue weighted by molar-refractivity contribution is 0.0933. The maximum atomic E-state index is 12.2. The van der Waals surface area contributed by atoms with Crippen LogP contribution in [0.25, 0.3) is 0 Å². The van der Waals surface area contributed by atoms with Gasteiger partial charge in [0, 0.05) is 12.1 Å². The van der Waals surface area contributed by atoms with Gasteiger partial charge in [0.2, 0.25) is 0 Å². The largest absolute Gasteiger partial charge is 0.497 e. The molecule has 17 heavy (non-hydrogen) atoms. The average molecular weight is 231 g/mol. The van der Waals surface area contributed by atoms with E-state index in [-0.39, 0.29) is 5.78 Å². The van der Waals surface area contributed by atoms with Gasteiger partial charge in [-0.25, -0.2) is 0 Å². The molecule has 0 aliphatic carbocycles. The lowest BCUT2D eigenvalue weighted by Gasteiger charge is -2.15. The third-order valence-electron chi connectivity index (χ3n) is 2.42. The van der Waals surface area contributed by atoms with Crippen LogP contribution in [-0.2, 0) is 0 Å². The highest BCUT2D eigenvalue weighted by atomic mass is 16.5. The average Bonchev–Trinajstić information content (AvgIpc) is 2.35. The van der Waals surface area contributed by atoms with Crippen molar-refractivity contribution in [3.63, 3.8) is 0 Å². The van der Waals surface area contributed by atoms with Gasteiger partial charge in [0.15, 0.2) is 5.78 Å². The van der Waals surface area contributed by atoms with Gasteiger partial charge in [-0.2, -0.15) is 0 Å². The zero-order chi connectivity index (χ0) is 12.8. The molecule has 0 radical (unpaired) electrons. The number of Topliss-reactive ketones (excluding diaryl/α,β-unsaturated/α-hetero) is 1. The van der Waals surface area contributed by atoms with Gasteiger partial charge in [0.1, 0.15) is 5.75 Å². The van der Waals surface area contributed by atoms with Crippen molar-refractivity contribution in [1.82, 2.24) is 4.90 Å². The van der Waals surface area contributed by atoms with Crippen molar-refractivity contribution in [3.8, 4) is 18.1 Å². The Balaban J connectivity index is 2.90. The summed E-state index contributed by atoms with van der Waals surface area (Å²) < 4.78 is 5.09.